The van der Waals surface area contributed by atoms with Crippen molar-refractivity contribution in [3.63, 3.8) is 0 Å². The summed E-state index contributed by atoms with van der Waals surface area (Å²) in [5.41, 5.74) is 0. The molecule has 0 aliphatic carbocycles. The van der Waals surface area contributed by atoms with Crippen LogP contribution in [-0.2, 0) is 9.47 Å². The Bertz CT molecular complexity index is 127. The first-order valence-electron chi connectivity index (χ1n) is 4.01. The van der Waals surface area contributed by atoms with Gasteiger partial charge >= 0.3 is 0 Å². The highest BCUT2D eigenvalue weighted by Crippen LogP contribution is 2.21. The zero-order chi connectivity index (χ0) is 8.43. The van der Waals surface area contributed by atoms with Crippen LogP contribution in [0.2, 0.25) is 0 Å². The molecule has 1 aliphatic rings. The number of hydrogen-bond donors (Lipinski definition) is 1. The third-order valence-electron chi connectivity index (χ3n) is 2.18. The fourth-order valence-electron chi connectivity index (χ4n) is 1.51. The first-order chi connectivity index (χ1) is 5.15. The highest BCUT2D eigenvalue weighted by atomic mass is 16.5. The number of hydrogen-bond acceptors (Lipinski definition) is 3. The molecule has 0 radical (unpaired) electrons. The van der Waals surface area contributed by atoms with Crippen molar-refractivity contribution in [2.75, 3.05) is 7.11 Å². The molecular weight excluding hydrogens is 144 g/mol. The Hall–Kier alpha value is -0.120. The fourth-order valence-corrected chi connectivity index (χ4v) is 1.51. The maximum atomic E-state index is 9.51. The molecule has 0 amide bonds. The summed E-state index contributed by atoms with van der Waals surface area (Å²) in [6, 6.07) is 0. The largest absolute Gasteiger partial charge is 0.388 e. The van der Waals surface area contributed by atoms with E-state index in [1.54, 1.807) is 7.11 Å². The van der Waals surface area contributed by atoms with E-state index in [2.05, 4.69) is 0 Å². The van der Waals surface area contributed by atoms with Crippen molar-refractivity contribution in [1.82, 2.24) is 0 Å². The van der Waals surface area contributed by atoms with Gasteiger partial charge in [0, 0.05) is 13.5 Å². The van der Waals surface area contributed by atoms with Crippen LogP contribution in [0.4, 0.5) is 0 Å². The molecule has 1 N–H and O–H groups in total. The Labute approximate surface area is 67.3 Å². The van der Waals surface area contributed by atoms with Gasteiger partial charge in [-0.3, -0.25) is 0 Å². The zero-order valence-electron chi connectivity index (χ0n) is 7.28. The average molecular weight is 160 g/mol. The number of ether oxygens (including phenoxy) is 2. The minimum absolute atomic E-state index is 0.0613. The molecule has 0 aromatic heterocycles. The predicted octanol–water partition coefficient (Wildman–Crippen LogP) is 0.560. The lowest BCUT2D eigenvalue weighted by Crippen LogP contribution is -2.46. The van der Waals surface area contributed by atoms with Gasteiger partial charge in [-0.15, -0.1) is 0 Å². The molecule has 3 nitrogen and oxygen atoms in total. The summed E-state index contributed by atoms with van der Waals surface area (Å²) in [5.74, 6) is 0. The Balaban J connectivity index is 2.51. The second-order valence-corrected chi connectivity index (χ2v) is 3.15. The van der Waals surface area contributed by atoms with E-state index in [9.17, 15) is 5.11 Å². The van der Waals surface area contributed by atoms with Gasteiger partial charge in [0.2, 0.25) is 0 Å². The van der Waals surface area contributed by atoms with E-state index in [1.165, 1.54) is 0 Å². The molecule has 0 spiro atoms. The molecule has 4 atom stereocenters. The van der Waals surface area contributed by atoms with Gasteiger partial charge in [-0.25, -0.2) is 0 Å². The van der Waals surface area contributed by atoms with E-state index in [0.717, 1.165) is 6.42 Å². The molecule has 3 heteroatoms. The van der Waals surface area contributed by atoms with Gasteiger partial charge in [-0.05, 0) is 13.8 Å². The Morgan fingerprint density at radius 3 is 2.64 bits per heavy atom. The van der Waals surface area contributed by atoms with Crippen LogP contribution in [0.5, 0.6) is 0 Å². The van der Waals surface area contributed by atoms with Crippen LogP contribution in [0, 0.1) is 0 Å². The van der Waals surface area contributed by atoms with Crippen molar-refractivity contribution >= 4 is 0 Å². The molecule has 1 aliphatic heterocycles. The van der Waals surface area contributed by atoms with Crippen molar-refractivity contribution in [2.45, 2.75) is 44.7 Å². The number of aliphatic hydroxyl groups is 1. The lowest BCUT2D eigenvalue weighted by molar-refractivity contribution is -0.165. The van der Waals surface area contributed by atoms with E-state index in [4.69, 9.17) is 9.47 Å². The lowest BCUT2D eigenvalue weighted by Gasteiger charge is -2.35. The molecule has 1 rings (SSSR count). The monoisotopic (exact) mass is 160 g/mol. The Morgan fingerprint density at radius 2 is 2.09 bits per heavy atom. The predicted molar refractivity (Wildman–Crippen MR) is 41.4 cm³/mol. The van der Waals surface area contributed by atoms with Crippen LogP contribution >= 0.6 is 0 Å². The first-order valence-corrected chi connectivity index (χ1v) is 4.01. The molecule has 66 valence electrons. The third-order valence-corrected chi connectivity index (χ3v) is 2.18. The van der Waals surface area contributed by atoms with E-state index >= 15 is 0 Å². The van der Waals surface area contributed by atoms with E-state index < -0.39 is 6.10 Å². The number of aliphatic hydroxyl groups excluding tert-OH is 1. The van der Waals surface area contributed by atoms with Gasteiger partial charge in [0.15, 0.2) is 0 Å². The highest BCUT2D eigenvalue weighted by molar-refractivity contribution is 4.82. The third kappa shape index (κ3) is 1.92. The molecule has 11 heavy (non-hydrogen) atoms. The summed E-state index contributed by atoms with van der Waals surface area (Å²) < 4.78 is 10.5. The van der Waals surface area contributed by atoms with Crippen molar-refractivity contribution in [1.29, 1.82) is 0 Å². The van der Waals surface area contributed by atoms with Gasteiger partial charge in [-0.1, -0.05) is 0 Å². The van der Waals surface area contributed by atoms with Crippen molar-refractivity contribution in [2.24, 2.45) is 0 Å². The molecule has 1 fully saturated rings. The molecule has 0 aromatic carbocycles. The first kappa shape index (κ1) is 8.97. The molecule has 4 unspecified atom stereocenters. The van der Waals surface area contributed by atoms with Crippen LogP contribution < -0.4 is 0 Å². The maximum Gasteiger partial charge on any atom is 0.106 e. The summed E-state index contributed by atoms with van der Waals surface area (Å²) in [6.07, 6.45) is 0.328. The number of rotatable bonds is 1. The van der Waals surface area contributed by atoms with Crippen molar-refractivity contribution in [3.05, 3.63) is 0 Å². The van der Waals surface area contributed by atoms with Gasteiger partial charge in [0.05, 0.1) is 18.3 Å². The second kappa shape index (κ2) is 3.52. The van der Waals surface area contributed by atoms with Gasteiger partial charge in [-0.2, -0.15) is 0 Å². The van der Waals surface area contributed by atoms with Crippen LogP contribution in [0.15, 0.2) is 0 Å². The van der Waals surface area contributed by atoms with Crippen molar-refractivity contribution in [3.8, 4) is 0 Å². The van der Waals surface area contributed by atoms with Crippen LogP contribution in [0.1, 0.15) is 20.3 Å². The van der Waals surface area contributed by atoms with E-state index in [1.807, 2.05) is 13.8 Å². The second-order valence-electron chi connectivity index (χ2n) is 3.15. The SMILES string of the molecule is COC1CC(C)OC(C)C1O. The number of methoxy groups -OCH3 is 1. The summed E-state index contributed by atoms with van der Waals surface area (Å²) in [7, 11) is 1.62. The maximum absolute atomic E-state index is 9.51. The summed E-state index contributed by atoms with van der Waals surface area (Å²) in [4.78, 5) is 0. The Morgan fingerprint density at radius 1 is 1.45 bits per heavy atom. The normalized spacial score (nSPS) is 45.8. The van der Waals surface area contributed by atoms with Crippen molar-refractivity contribution < 1.29 is 14.6 Å². The van der Waals surface area contributed by atoms with E-state index in [-0.39, 0.29) is 18.3 Å². The zero-order valence-corrected chi connectivity index (χ0v) is 7.28. The summed E-state index contributed by atoms with van der Waals surface area (Å²) >= 11 is 0. The molecule has 1 heterocycles. The van der Waals surface area contributed by atoms with Crippen LogP contribution in [-0.4, -0.2) is 36.6 Å². The fraction of sp³-hybridized carbons (Fsp3) is 1.00. The standard InChI is InChI=1S/C8H16O3/c1-5-4-7(10-3)8(9)6(2)11-5/h5-9H,4H2,1-3H3. The van der Waals surface area contributed by atoms with Gasteiger partial charge in [0.25, 0.3) is 0 Å². The average Bonchev–Trinajstić information content (AvgIpc) is 1.96. The minimum Gasteiger partial charge on any atom is -0.388 e. The molecule has 0 bridgehead atoms. The molecule has 1 saturated heterocycles. The molecule has 0 saturated carbocycles. The smallest absolute Gasteiger partial charge is 0.106 e. The lowest BCUT2D eigenvalue weighted by atomic mass is 9.99. The highest BCUT2D eigenvalue weighted by Gasteiger charge is 2.33. The van der Waals surface area contributed by atoms with E-state index in [0.29, 0.717) is 0 Å². The summed E-state index contributed by atoms with van der Waals surface area (Å²) in [5, 5.41) is 9.51. The van der Waals surface area contributed by atoms with Gasteiger partial charge < -0.3 is 14.6 Å². The molecular formula is C8H16O3. The van der Waals surface area contributed by atoms with Crippen LogP contribution in [0.3, 0.4) is 0 Å². The Kier molecular flexibility index (Phi) is 2.87. The molecule has 0 aromatic rings. The van der Waals surface area contributed by atoms with Gasteiger partial charge in [0.1, 0.15) is 6.10 Å². The van der Waals surface area contributed by atoms with Crippen LogP contribution in [0.25, 0.3) is 0 Å². The topological polar surface area (TPSA) is 38.7 Å². The quantitative estimate of drug-likeness (QED) is 0.609. The summed E-state index contributed by atoms with van der Waals surface area (Å²) in [6.45, 7) is 3.86. The minimum atomic E-state index is -0.476.